The predicted octanol–water partition coefficient (Wildman–Crippen LogP) is -1.29. The molecule has 0 aromatic rings. The van der Waals surface area contributed by atoms with Crippen molar-refractivity contribution in [3.8, 4) is 6.19 Å². The molecule has 6 heteroatoms. The molecule has 0 aliphatic carbocycles. The molecule has 6 nitrogen and oxygen atoms in total. The van der Waals surface area contributed by atoms with E-state index in [0.717, 1.165) is 0 Å². The summed E-state index contributed by atoms with van der Waals surface area (Å²) in [5, 5.41) is 12.3. The van der Waals surface area contributed by atoms with Crippen LogP contribution in [0.5, 0.6) is 0 Å². The fraction of sp³-hybridized carbons (Fsp3) is 0.250. The number of hydrogen-bond donors (Lipinski definition) is 3. The number of hydrogen-bond acceptors (Lipinski definition) is 3. The van der Waals surface area contributed by atoms with Crippen molar-refractivity contribution in [2.24, 2.45) is 10.7 Å². The molecule has 0 aromatic heterocycles. The van der Waals surface area contributed by atoms with Gasteiger partial charge in [0.1, 0.15) is 0 Å². The number of nitrogens with one attached hydrogen (secondary N) is 2. The van der Waals surface area contributed by atoms with Crippen molar-refractivity contribution < 1.29 is 4.79 Å². The molecule has 0 heterocycles. The lowest BCUT2D eigenvalue weighted by molar-refractivity contribution is 0.247. The molecule has 0 bridgehead atoms. The lowest BCUT2D eigenvalue weighted by Gasteiger charge is -1.98. The summed E-state index contributed by atoms with van der Waals surface area (Å²) in [6, 6.07) is -0.503. The summed E-state index contributed by atoms with van der Waals surface area (Å²) in [5.41, 5.74) is 5.02. The molecule has 0 rings (SSSR count). The second-order valence-corrected chi connectivity index (χ2v) is 1.30. The largest absolute Gasteiger partial charge is 0.369 e. The van der Waals surface area contributed by atoms with Crippen LogP contribution in [0.3, 0.4) is 0 Å². The third-order valence-corrected chi connectivity index (χ3v) is 0.639. The Morgan fingerprint density at radius 1 is 1.80 bits per heavy atom. The maximum atomic E-state index is 10.4. The monoisotopic (exact) mass is 141 g/mol. The molecule has 0 aliphatic heterocycles. The Labute approximate surface area is 57.7 Å². The number of rotatable bonds is 0. The zero-order valence-corrected chi connectivity index (χ0v) is 5.38. The molecule has 0 atom stereocenters. The van der Waals surface area contributed by atoms with E-state index in [9.17, 15) is 4.79 Å². The van der Waals surface area contributed by atoms with Gasteiger partial charge in [-0.1, -0.05) is 0 Å². The van der Waals surface area contributed by atoms with Crippen molar-refractivity contribution in [1.82, 2.24) is 10.6 Å². The average molecular weight is 141 g/mol. The van der Waals surface area contributed by atoms with Gasteiger partial charge in [0.2, 0.25) is 12.2 Å². The molecule has 2 amide bonds. The first kappa shape index (κ1) is 8.23. The second-order valence-electron chi connectivity index (χ2n) is 1.30. The van der Waals surface area contributed by atoms with Crippen LogP contribution in [0.2, 0.25) is 0 Å². The number of aliphatic imine (C=N–C) groups is 1. The van der Waals surface area contributed by atoms with Gasteiger partial charge in [-0.15, -0.1) is 4.99 Å². The Kier molecular flexibility index (Phi) is 3.41. The smallest absolute Gasteiger partial charge is 0.321 e. The first-order valence-electron chi connectivity index (χ1n) is 2.41. The fourth-order valence-corrected chi connectivity index (χ4v) is 0.261. The summed E-state index contributed by atoms with van der Waals surface area (Å²) < 4.78 is 0. The summed E-state index contributed by atoms with van der Waals surface area (Å²) in [4.78, 5) is 13.4. The van der Waals surface area contributed by atoms with Crippen LogP contribution >= 0.6 is 0 Å². The summed E-state index contributed by atoms with van der Waals surface area (Å²) >= 11 is 0. The van der Waals surface area contributed by atoms with Crippen LogP contribution in [0.25, 0.3) is 0 Å². The molecule has 0 aliphatic rings. The minimum absolute atomic E-state index is 0.221. The quantitative estimate of drug-likeness (QED) is 0.222. The summed E-state index contributed by atoms with van der Waals surface area (Å²) in [6.45, 7) is 0. The van der Waals surface area contributed by atoms with Crippen LogP contribution < -0.4 is 16.4 Å². The Bertz CT molecular complexity index is 190. The lowest BCUT2D eigenvalue weighted by Crippen LogP contribution is -2.41. The van der Waals surface area contributed by atoms with Gasteiger partial charge in [-0.2, -0.15) is 5.26 Å². The zero-order chi connectivity index (χ0) is 7.98. The van der Waals surface area contributed by atoms with Crippen LogP contribution in [0.1, 0.15) is 0 Å². The predicted molar refractivity (Wildman–Crippen MR) is 34.8 cm³/mol. The van der Waals surface area contributed by atoms with E-state index in [1.54, 1.807) is 0 Å². The molecule has 4 N–H and O–H groups in total. The van der Waals surface area contributed by atoms with Gasteiger partial charge in [0.05, 0.1) is 0 Å². The SMILES string of the molecule is CNC(=O)NC(N)=NC#N. The van der Waals surface area contributed by atoms with E-state index < -0.39 is 6.03 Å². The Balaban J connectivity index is 3.82. The molecule has 0 unspecified atom stereocenters. The maximum absolute atomic E-state index is 10.4. The van der Waals surface area contributed by atoms with E-state index >= 15 is 0 Å². The molecule has 54 valence electrons. The van der Waals surface area contributed by atoms with Crippen molar-refractivity contribution in [2.45, 2.75) is 0 Å². The molecule has 10 heavy (non-hydrogen) atoms. The van der Waals surface area contributed by atoms with Gasteiger partial charge in [0.15, 0.2) is 0 Å². The number of nitrogens with two attached hydrogens (primary N) is 1. The Morgan fingerprint density at radius 3 is 2.80 bits per heavy atom. The topological polar surface area (TPSA) is 103 Å². The summed E-state index contributed by atoms with van der Waals surface area (Å²) in [7, 11) is 1.43. The average Bonchev–Trinajstić information content (AvgIpc) is 1.88. The van der Waals surface area contributed by atoms with Gasteiger partial charge in [0, 0.05) is 7.05 Å². The highest BCUT2D eigenvalue weighted by atomic mass is 16.2. The van der Waals surface area contributed by atoms with Gasteiger partial charge in [0.25, 0.3) is 0 Å². The summed E-state index contributed by atoms with van der Waals surface area (Å²) in [6.07, 6.45) is 1.42. The zero-order valence-electron chi connectivity index (χ0n) is 5.38. The number of nitriles is 1. The van der Waals surface area contributed by atoms with Gasteiger partial charge >= 0.3 is 6.03 Å². The Morgan fingerprint density at radius 2 is 2.40 bits per heavy atom. The van der Waals surface area contributed by atoms with Crippen molar-refractivity contribution >= 4 is 12.0 Å². The number of amides is 2. The van der Waals surface area contributed by atoms with Crippen molar-refractivity contribution in [1.29, 1.82) is 5.26 Å². The molecule has 0 saturated heterocycles. The number of urea groups is 1. The minimum atomic E-state index is -0.503. The van der Waals surface area contributed by atoms with E-state index in [-0.39, 0.29) is 5.96 Å². The third kappa shape index (κ3) is 3.26. The second kappa shape index (κ2) is 4.14. The van der Waals surface area contributed by atoms with Crippen LogP contribution in [-0.4, -0.2) is 19.0 Å². The van der Waals surface area contributed by atoms with E-state index in [1.807, 2.05) is 0 Å². The highest BCUT2D eigenvalue weighted by Crippen LogP contribution is 1.62. The summed E-state index contributed by atoms with van der Waals surface area (Å²) in [5.74, 6) is -0.221. The molecule has 0 spiro atoms. The highest BCUT2D eigenvalue weighted by molar-refractivity contribution is 5.95. The van der Waals surface area contributed by atoms with E-state index in [1.165, 1.54) is 13.2 Å². The first-order chi connectivity index (χ1) is 4.70. The Hall–Kier alpha value is -1.77. The van der Waals surface area contributed by atoms with Gasteiger partial charge < -0.3 is 11.1 Å². The first-order valence-corrected chi connectivity index (χ1v) is 2.41. The molecule has 0 saturated carbocycles. The van der Waals surface area contributed by atoms with Gasteiger partial charge in [-0.3, -0.25) is 5.32 Å². The van der Waals surface area contributed by atoms with Crippen molar-refractivity contribution in [3.05, 3.63) is 0 Å². The standard InChI is InChI=1S/C4H7N5O/c1-7-4(10)9-3(6)8-2-5/h1H3,(H4,6,7,8,9,10). The van der Waals surface area contributed by atoms with E-state index in [4.69, 9.17) is 11.0 Å². The highest BCUT2D eigenvalue weighted by Gasteiger charge is 1.96. The van der Waals surface area contributed by atoms with Crippen LogP contribution in [0, 0.1) is 11.5 Å². The van der Waals surface area contributed by atoms with E-state index in [0.29, 0.717) is 0 Å². The van der Waals surface area contributed by atoms with Gasteiger partial charge in [-0.05, 0) is 0 Å². The molecular weight excluding hydrogens is 134 g/mol. The van der Waals surface area contributed by atoms with Crippen molar-refractivity contribution in [2.75, 3.05) is 7.05 Å². The third-order valence-electron chi connectivity index (χ3n) is 0.639. The van der Waals surface area contributed by atoms with Crippen molar-refractivity contribution in [3.63, 3.8) is 0 Å². The number of carbonyl (C=O) groups is 1. The van der Waals surface area contributed by atoms with Gasteiger partial charge in [-0.25, -0.2) is 4.79 Å². The van der Waals surface area contributed by atoms with E-state index in [2.05, 4.69) is 15.6 Å². The van der Waals surface area contributed by atoms with Crippen LogP contribution in [0.4, 0.5) is 4.79 Å². The van der Waals surface area contributed by atoms with Crippen LogP contribution in [-0.2, 0) is 0 Å². The number of guanidine groups is 1. The number of carbonyl (C=O) groups excluding carboxylic acids is 1. The number of nitrogens with zero attached hydrogens (tertiary/aromatic N) is 2. The lowest BCUT2D eigenvalue weighted by atomic mass is 10.8. The normalized spacial score (nSPS) is 9.80. The molecule has 0 aromatic carbocycles. The molecule has 0 fully saturated rings. The fourth-order valence-electron chi connectivity index (χ4n) is 0.261. The molecule has 0 radical (unpaired) electrons. The minimum Gasteiger partial charge on any atom is -0.369 e. The molecular formula is C4H7N5O. The maximum Gasteiger partial charge on any atom is 0.321 e. The van der Waals surface area contributed by atoms with Crippen LogP contribution in [0.15, 0.2) is 4.99 Å².